The number of carbonyl (C=O) groups is 6. The molecule has 0 rings (SSSR count). The lowest BCUT2D eigenvalue weighted by Crippen LogP contribution is -2.61. The van der Waals surface area contributed by atoms with Crippen LogP contribution in [0.5, 0.6) is 0 Å². The number of thioether (sulfide) groups is 1. The third kappa shape index (κ3) is 27.2. The fraction of sp³-hybridized carbons (Fsp3) is 0.822. The Bertz CT molecular complexity index is 1290. The molecule has 0 saturated carbocycles. The zero-order chi connectivity index (χ0) is 46.2. The van der Waals surface area contributed by atoms with E-state index >= 15 is 0 Å². The van der Waals surface area contributed by atoms with Crippen molar-refractivity contribution in [3.63, 3.8) is 0 Å². The number of aliphatic hydroxyl groups excluding tert-OH is 1. The number of aliphatic hydroxyl groups is 1. The summed E-state index contributed by atoms with van der Waals surface area (Å²) < 4.78 is 0. The molecule has 0 saturated heterocycles. The Morgan fingerprint density at radius 3 is 1.59 bits per heavy atom. The van der Waals surface area contributed by atoms with Gasteiger partial charge in [0.2, 0.25) is 35.4 Å². The van der Waals surface area contributed by atoms with Gasteiger partial charge < -0.3 is 48.1 Å². The lowest BCUT2D eigenvalue weighted by atomic mass is 9.96. The van der Waals surface area contributed by atoms with Crippen LogP contribution in [-0.2, 0) is 28.8 Å². The van der Waals surface area contributed by atoms with Crippen LogP contribution in [0.3, 0.4) is 0 Å². The topological polar surface area (TPSA) is 233 Å². The second-order valence-corrected chi connectivity index (χ2v) is 17.9. The third-order valence-electron chi connectivity index (χ3n) is 10.9. The van der Waals surface area contributed by atoms with E-state index in [2.05, 4.69) is 50.7 Å². The first-order chi connectivity index (χ1) is 29.0. The van der Waals surface area contributed by atoms with Crippen molar-refractivity contribution >= 4 is 47.2 Å². The Balaban J connectivity index is 5.75. The summed E-state index contributed by atoms with van der Waals surface area (Å²) in [7, 11) is 1.39. The van der Waals surface area contributed by atoms with Crippen molar-refractivity contribution in [3.05, 3.63) is 12.4 Å². The van der Waals surface area contributed by atoms with Gasteiger partial charge in [-0.25, -0.2) is 0 Å². The highest BCUT2D eigenvalue weighted by Gasteiger charge is 2.35. The molecule has 354 valence electrons. The number of amides is 6. The molecule has 0 radical (unpaired) electrons. The molecule has 0 aromatic heterocycles. The van der Waals surface area contributed by atoms with Gasteiger partial charge in [-0.2, -0.15) is 11.8 Å². The number of likely N-dealkylation sites (N-methyl/N-ethyl adjacent to an activating group) is 1. The standard InChI is InChI=1S/C45H86N8O7S/c1-10-12-13-14-15-16-17-18-19-20-21-22-23-26-38(55)49-35(25-24-28-48-34(7)46)41(56)52-39(32(5)11-2)45(60)51-37(30-31(3)4)43(58)50-36(27-29-61-9)42(57)53-40(33(6)54)44(59)47-8/h31-33,35-37,39-40,48,54H,7,10-30,46H2,1-6,8-9H3,(H,47,59)(H,49,55)(H,50,58)(H,51,60)(H,52,56)(H,53,57)/t32-,33+,35-,36-,37-,39-,40-/m0/s1. The van der Waals surface area contributed by atoms with Gasteiger partial charge in [0.05, 0.1) is 11.9 Å². The van der Waals surface area contributed by atoms with E-state index in [1.54, 1.807) is 0 Å². The van der Waals surface area contributed by atoms with Gasteiger partial charge in [0, 0.05) is 20.0 Å². The Morgan fingerprint density at radius 1 is 0.623 bits per heavy atom. The Hall–Kier alpha value is -3.53. The molecule has 16 heteroatoms. The SMILES string of the molecule is C=C(N)NCCC[C@H](NC(=O)CCCCCCCCCCCCCCC)C(=O)N[C@H](C(=O)N[C@@H](CC(C)C)C(=O)N[C@@H](CCSC)C(=O)N[C@H](C(=O)NC)[C@@H](C)O)[C@@H](C)CC. The summed E-state index contributed by atoms with van der Waals surface area (Å²) in [5, 5.41) is 29.4. The van der Waals surface area contributed by atoms with Gasteiger partial charge in [-0.05, 0) is 62.9 Å². The fourth-order valence-corrected chi connectivity index (χ4v) is 7.38. The highest BCUT2D eigenvalue weighted by atomic mass is 32.2. The van der Waals surface area contributed by atoms with Crippen LogP contribution in [-0.4, -0.2) is 102 Å². The van der Waals surface area contributed by atoms with E-state index in [1.807, 2.05) is 34.0 Å². The maximum Gasteiger partial charge on any atom is 0.245 e. The summed E-state index contributed by atoms with van der Waals surface area (Å²) in [6.45, 7) is 15.2. The first-order valence-electron chi connectivity index (χ1n) is 23.1. The van der Waals surface area contributed by atoms with Gasteiger partial charge >= 0.3 is 0 Å². The van der Waals surface area contributed by atoms with Gasteiger partial charge in [0.25, 0.3) is 0 Å². The molecule has 15 nitrogen and oxygen atoms in total. The molecule has 0 aliphatic rings. The maximum absolute atomic E-state index is 14.0. The van der Waals surface area contributed by atoms with E-state index in [0.717, 1.165) is 25.7 Å². The molecular weight excluding hydrogens is 797 g/mol. The average molecular weight is 883 g/mol. The highest BCUT2D eigenvalue weighted by molar-refractivity contribution is 7.98. The lowest BCUT2D eigenvalue weighted by molar-refractivity contribution is -0.136. The van der Waals surface area contributed by atoms with Gasteiger partial charge in [0.15, 0.2) is 0 Å². The molecule has 0 heterocycles. The molecule has 0 unspecified atom stereocenters. The van der Waals surface area contributed by atoms with E-state index in [4.69, 9.17) is 5.73 Å². The summed E-state index contributed by atoms with van der Waals surface area (Å²) in [6, 6.07) is -5.29. The Morgan fingerprint density at radius 2 is 1.11 bits per heavy atom. The van der Waals surface area contributed by atoms with Crippen molar-refractivity contribution in [2.24, 2.45) is 17.6 Å². The molecule has 7 atom stereocenters. The molecule has 61 heavy (non-hydrogen) atoms. The molecule has 10 N–H and O–H groups in total. The van der Waals surface area contributed by atoms with Crippen molar-refractivity contribution in [1.29, 1.82) is 0 Å². The van der Waals surface area contributed by atoms with Crippen molar-refractivity contribution in [1.82, 2.24) is 37.2 Å². The lowest BCUT2D eigenvalue weighted by Gasteiger charge is -2.30. The van der Waals surface area contributed by atoms with Crippen molar-refractivity contribution in [2.75, 3.05) is 25.6 Å². The molecular formula is C45H86N8O7S. The van der Waals surface area contributed by atoms with Crippen LogP contribution in [0.4, 0.5) is 0 Å². The van der Waals surface area contributed by atoms with Crippen LogP contribution < -0.4 is 43.0 Å². The van der Waals surface area contributed by atoms with Gasteiger partial charge in [-0.15, -0.1) is 0 Å². The summed E-state index contributed by atoms with van der Waals surface area (Å²) in [6.07, 6.45) is 18.3. The number of rotatable bonds is 37. The molecule has 0 aliphatic carbocycles. The number of hydrogen-bond acceptors (Lipinski definition) is 10. The van der Waals surface area contributed by atoms with Gasteiger partial charge in [0.1, 0.15) is 30.2 Å². The smallest absolute Gasteiger partial charge is 0.245 e. The highest BCUT2D eigenvalue weighted by Crippen LogP contribution is 2.15. The summed E-state index contributed by atoms with van der Waals surface area (Å²) in [4.78, 5) is 80.7. The molecule has 0 aliphatic heterocycles. The summed E-state index contributed by atoms with van der Waals surface area (Å²) in [5.41, 5.74) is 5.67. The second kappa shape index (κ2) is 35.0. The van der Waals surface area contributed by atoms with Crippen LogP contribution in [0.15, 0.2) is 12.4 Å². The quantitative estimate of drug-likeness (QED) is 0.0392. The minimum atomic E-state index is -1.23. The number of nitrogens with two attached hydrogens (primary N) is 1. The number of carbonyl (C=O) groups excluding carboxylic acids is 6. The van der Waals surface area contributed by atoms with Crippen LogP contribution in [0, 0.1) is 11.8 Å². The predicted octanol–water partition coefficient (Wildman–Crippen LogP) is 4.66. The normalized spacial score (nSPS) is 14.7. The van der Waals surface area contributed by atoms with Gasteiger partial charge in [-0.1, -0.05) is 125 Å². The first kappa shape index (κ1) is 57.5. The minimum Gasteiger partial charge on any atom is -0.391 e. The van der Waals surface area contributed by atoms with Crippen molar-refractivity contribution in [2.45, 2.75) is 200 Å². The Kier molecular flexibility index (Phi) is 33.0. The molecule has 0 aromatic carbocycles. The largest absolute Gasteiger partial charge is 0.391 e. The van der Waals surface area contributed by atoms with Crippen LogP contribution >= 0.6 is 11.8 Å². The van der Waals surface area contributed by atoms with Crippen LogP contribution in [0.25, 0.3) is 0 Å². The average Bonchev–Trinajstić information content (AvgIpc) is 3.21. The molecule has 0 fully saturated rings. The zero-order valence-electron chi connectivity index (χ0n) is 39.1. The molecule has 0 bridgehead atoms. The van der Waals surface area contributed by atoms with Crippen molar-refractivity contribution in [3.8, 4) is 0 Å². The van der Waals surface area contributed by atoms with E-state index in [-0.39, 0.29) is 30.6 Å². The monoisotopic (exact) mass is 883 g/mol. The van der Waals surface area contributed by atoms with E-state index in [1.165, 1.54) is 83.5 Å². The number of nitrogens with one attached hydrogen (secondary N) is 7. The maximum atomic E-state index is 14.0. The number of unbranched alkanes of at least 4 members (excludes halogenated alkanes) is 12. The van der Waals surface area contributed by atoms with E-state index < -0.39 is 65.8 Å². The minimum absolute atomic E-state index is 0.0354. The summed E-state index contributed by atoms with van der Waals surface area (Å²) in [5.74, 6) is -2.70. The summed E-state index contributed by atoms with van der Waals surface area (Å²) >= 11 is 1.47. The number of hydrogen-bond donors (Lipinski definition) is 9. The zero-order valence-corrected chi connectivity index (χ0v) is 39.9. The first-order valence-corrected chi connectivity index (χ1v) is 24.5. The van der Waals surface area contributed by atoms with Crippen LogP contribution in [0.2, 0.25) is 0 Å². The van der Waals surface area contributed by atoms with Crippen LogP contribution in [0.1, 0.15) is 164 Å². The fourth-order valence-electron chi connectivity index (χ4n) is 6.91. The predicted molar refractivity (Wildman–Crippen MR) is 248 cm³/mol. The van der Waals surface area contributed by atoms with E-state index in [9.17, 15) is 33.9 Å². The third-order valence-corrected chi connectivity index (χ3v) is 11.5. The molecule has 0 aromatic rings. The molecule has 6 amide bonds. The van der Waals surface area contributed by atoms with Crippen molar-refractivity contribution < 1.29 is 33.9 Å². The molecule has 0 spiro atoms. The second-order valence-electron chi connectivity index (χ2n) is 17.0. The van der Waals surface area contributed by atoms with Gasteiger partial charge in [-0.3, -0.25) is 28.8 Å². The van der Waals surface area contributed by atoms with E-state index in [0.29, 0.717) is 43.8 Å². The Labute approximate surface area is 372 Å².